The lowest BCUT2D eigenvalue weighted by atomic mass is 9.96. The van der Waals surface area contributed by atoms with E-state index in [0.717, 1.165) is 19.0 Å². The summed E-state index contributed by atoms with van der Waals surface area (Å²) in [7, 11) is 1.42. The quantitative estimate of drug-likeness (QED) is 0.493. The Morgan fingerprint density at radius 3 is 2.37 bits per heavy atom. The molecule has 1 N–H and O–H groups in total. The van der Waals surface area contributed by atoms with Crippen molar-refractivity contribution in [2.24, 2.45) is 7.05 Å². The number of esters is 1. The topological polar surface area (TPSA) is 86.6 Å². The number of carbonyl (C=O) groups excluding carboxylic acids is 2. The van der Waals surface area contributed by atoms with Gasteiger partial charge < -0.3 is 19.4 Å². The van der Waals surface area contributed by atoms with Gasteiger partial charge in [0.1, 0.15) is 17.0 Å². The van der Waals surface area contributed by atoms with E-state index < -0.39 is 28.6 Å². The van der Waals surface area contributed by atoms with Crippen LogP contribution in [0.5, 0.6) is 0 Å². The molecule has 0 aliphatic heterocycles. The number of nitrogens with zero attached hydrogens (tertiary/aromatic N) is 1. The molecule has 1 heterocycles. The fraction of sp³-hybridized carbons (Fsp3) is 0.500. The molecule has 0 unspecified atom stereocenters. The first-order valence-corrected chi connectivity index (χ1v) is 11.5. The van der Waals surface area contributed by atoms with Crippen molar-refractivity contribution >= 4 is 23.0 Å². The lowest BCUT2D eigenvalue weighted by Crippen LogP contribution is -2.39. The van der Waals surface area contributed by atoms with Gasteiger partial charge in [0.25, 0.3) is 0 Å². The van der Waals surface area contributed by atoms with Crippen LogP contribution in [0, 0.1) is 24.0 Å². The highest BCUT2D eigenvalue weighted by molar-refractivity contribution is 5.95. The number of aromatic nitrogens is 1. The van der Waals surface area contributed by atoms with Gasteiger partial charge in [-0.15, -0.1) is 6.42 Å². The number of ether oxygens (including phenoxy) is 2. The van der Waals surface area contributed by atoms with E-state index in [9.17, 15) is 23.2 Å². The van der Waals surface area contributed by atoms with Crippen molar-refractivity contribution in [2.75, 3.05) is 6.61 Å². The van der Waals surface area contributed by atoms with E-state index in [0.29, 0.717) is 12.1 Å². The molecule has 1 aliphatic carbocycles. The third-order valence-electron chi connectivity index (χ3n) is 5.32. The maximum absolute atomic E-state index is 13.9. The minimum Gasteiger partial charge on any atom is -0.462 e. The van der Waals surface area contributed by atoms with E-state index in [-0.39, 0.29) is 34.7 Å². The Morgan fingerprint density at radius 2 is 1.83 bits per heavy atom. The molecule has 1 aromatic carbocycles. The van der Waals surface area contributed by atoms with E-state index >= 15 is 0 Å². The van der Waals surface area contributed by atoms with Gasteiger partial charge in [-0.1, -0.05) is 25.2 Å². The first kappa shape index (κ1) is 27.8. The number of fused-ring (bicyclic) bond motifs is 1. The number of carbonyl (C=O) groups is 2. The maximum Gasteiger partial charge on any atom is 0.407 e. The minimum absolute atomic E-state index is 0.0690. The zero-order valence-corrected chi connectivity index (χ0v) is 20.8. The van der Waals surface area contributed by atoms with Crippen molar-refractivity contribution < 1.29 is 27.8 Å². The van der Waals surface area contributed by atoms with Crippen LogP contribution in [0.1, 0.15) is 75.7 Å². The predicted octanol–water partition coefficient (Wildman–Crippen LogP) is 4.82. The normalized spacial score (nSPS) is 13.9. The van der Waals surface area contributed by atoms with Crippen LogP contribution in [0.25, 0.3) is 10.9 Å². The van der Waals surface area contributed by atoms with Gasteiger partial charge in [0, 0.05) is 25.4 Å². The zero-order valence-electron chi connectivity index (χ0n) is 20.8. The SMILES string of the molecule is C#Cc1c(F)cc(F)c2c1c(=O)c(C(=O)OCC)cn2C.CC(C)(C)OC(=O)NC1CCCCC1. The fourth-order valence-electron chi connectivity index (χ4n) is 3.84. The Kier molecular flexibility index (Phi) is 9.40. The Labute approximate surface area is 203 Å². The van der Waals surface area contributed by atoms with Gasteiger partial charge in [0.05, 0.1) is 23.1 Å². The third kappa shape index (κ3) is 7.28. The van der Waals surface area contributed by atoms with Crippen LogP contribution in [-0.2, 0) is 16.5 Å². The number of amides is 1. The standard InChI is InChI=1S/C15H11F2NO3.C11H21NO2/c1-4-8-10(16)6-11(17)13-12(8)14(19)9(7-18(13)3)15(20)21-5-2;1-11(2,3)14-10(13)12-9-7-5-4-6-8-9/h1,6-7H,5H2,2-3H3;9H,4-8H2,1-3H3,(H,12,13). The fourth-order valence-corrected chi connectivity index (χ4v) is 3.84. The molecule has 1 aliphatic rings. The molecule has 0 saturated heterocycles. The molecular weight excluding hydrogens is 458 g/mol. The highest BCUT2D eigenvalue weighted by Gasteiger charge is 2.22. The zero-order chi connectivity index (χ0) is 26.3. The number of alkyl carbamates (subject to hydrolysis) is 1. The Morgan fingerprint density at radius 1 is 1.20 bits per heavy atom. The number of hydrogen-bond donors (Lipinski definition) is 1. The van der Waals surface area contributed by atoms with Crippen LogP contribution in [0.15, 0.2) is 17.1 Å². The number of benzene rings is 1. The smallest absolute Gasteiger partial charge is 0.407 e. The van der Waals surface area contributed by atoms with Gasteiger partial charge in [0.2, 0.25) is 5.43 Å². The molecule has 3 rings (SSSR count). The van der Waals surface area contributed by atoms with Gasteiger partial charge in [-0.25, -0.2) is 18.4 Å². The van der Waals surface area contributed by atoms with Crippen LogP contribution in [0.2, 0.25) is 0 Å². The summed E-state index contributed by atoms with van der Waals surface area (Å²) in [5.74, 6) is -0.804. The first-order valence-electron chi connectivity index (χ1n) is 11.5. The molecule has 1 fully saturated rings. The van der Waals surface area contributed by atoms with Gasteiger partial charge in [-0.2, -0.15) is 0 Å². The Balaban J connectivity index is 0.000000269. The minimum atomic E-state index is -1.03. The number of pyridine rings is 1. The van der Waals surface area contributed by atoms with Crippen molar-refractivity contribution in [3.8, 4) is 12.3 Å². The van der Waals surface area contributed by atoms with Crippen molar-refractivity contribution in [1.29, 1.82) is 0 Å². The first-order chi connectivity index (χ1) is 16.4. The summed E-state index contributed by atoms with van der Waals surface area (Å²) >= 11 is 0. The molecule has 1 aromatic heterocycles. The highest BCUT2D eigenvalue weighted by atomic mass is 19.1. The number of terminal acetylenes is 1. The van der Waals surface area contributed by atoms with Gasteiger partial charge in [-0.05, 0) is 40.5 Å². The molecule has 9 heteroatoms. The molecule has 2 aromatic rings. The lowest BCUT2D eigenvalue weighted by Gasteiger charge is -2.25. The third-order valence-corrected chi connectivity index (χ3v) is 5.32. The maximum atomic E-state index is 13.9. The Bertz CT molecular complexity index is 1190. The summed E-state index contributed by atoms with van der Waals surface area (Å²) in [5, 5.41) is 2.57. The van der Waals surface area contributed by atoms with Crippen LogP contribution < -0.4 is 10.7 Å². The average molecular weight is 491 g/mol. The summed E-state index contributed by atoms with van der Waals surface area (Å²) in [6.45, 7) is 7.30. The van der Waals surface area contributed by atoms with Gasteiger partial charge >= 0.3 is 12.1 Å². The summed E-state index contributed by atoms with van der Waals surface area (Å²) in [6.07, 6.45) is 12.0. The lowest BCUT2D eigenvalue weighted by molar-refractivity contribution is 0.0490. The molecule has 190 valence electrons. The van der Waals surface area contributed by atoms with Crippen LogP contribution in [0.3, 0.4) is 0 Å². The average Bonchev–Trinajstić information content (AvgIpc) is 2.75. The number of halogens is 2. The number of aryl methyl sites for hydroxylation is 1. The summed E-state index contributed by atoms with van der Waals surface area (Å²) in [6, 6.07) is 0.944. The molecule has 0 atom stereocenters. The van der Waals surface area contributed by atoms with Crippen LogP contribution in [0.4, 0.5) is 13.6 Å². The summed E-state index contributed by atoms with van der Waals surface area (Å²) in [5.41, 5.74) is -2.11. The molecule has 35 heavy (non-hydrogen) atoms. The van der Waals surface area contributed by atoms with Gasteiger partial charge in [0.15, 0.2) is 5.82 Å². The van der Waals surface area contributed by atoms with Gasteiger partial charge in [-0.3, -0.25) is 4.79 Å². The van der Waals surface area contributed by atoms with Crippen LogP contribution >= 0.6 is 0 Å². The largest absolute Gasteiger partial charge is 0.462 e. The van der Waals surface area contributed by atoms with E-state index in [2.05, 4.69) is 5.32 Å². The molecule has 1 amide bonds. The van der Waals surface area contributed by atoms with Crippen molar-refractivity contribution in [3.05, 3.63) is 45.2 Å². The van der Waals surface area contributed by atoms with E-state index in [1.54, 1.807) is 6.92 Å². The molecule has 1 saturated carbocycles. The van der Waals surface area contributed by atoms with E-state index in [4.69, 9.17) is 15.9 Å². The predicted molar refractivity (Wildman–Crippen MR) is 129 cm³/mol. The Hall–Kier alpha value is -3.41. The second-order valence-corrected chi connectivity index (χ2v) is 9.27. The summed E-state index contributed by atoms with van der Waals surface area (Å²) < 4.78 is 38.8. The second kappa shape index (κ2) is 11.8. The number of rotatable bonds is 3. The van der Waals surface area contributed by atoms with Crippen LogP contribution in [-0.4, -0.2) is 34.9 Å². The monoisotopic (exact) mass is 490 g/mol. The number of hydrogen-bond acceptors (Lipinski definition) is 5. The highest BCUT2D eigenvalue weighted by Crippen LogP contribution is 2.22. The second-order valence-electron chi connectivity index (χ2n) is 9.27. The molecule has 0 radical (unpaired) electrons. The molecule has 7 nitrogen and oxygen atoms in total. The molecular formula is C26H32F2N2O5. The number of nitrogens with one attached hydrogen (secondary N) is 1. The van der Waals surface area contributed by atoms with E-state index in [1.807, 2.05) is 26.7 Å². The van der Waals surface area contributed by atoms with Crippen molar-refractivity contribution in [2.45, 2.75) is 71.4 Å². The van der Waals surface area contributed by atoms with Crippen molar-refractivity contribution in [3.63, 3.8) is 0 Å². The van der Waals surface area contributed by atoms with E-state index in [1.165, 1.54) is 30.9 Å². The van der Waals surface area contributed by atoms with Crippen molar-refractivity contribution in [1.82, 2.24) is 9.88 Å². The summed E-state index contributed by atoms with van der Waals surface area (Å²) in [4.78, 5) is 35.5. The molecule has 0 bridgehead atoms. The molecule has 0 spiro atoms.